The van der Waals surface area contributed by atoms with Crippen molar-refractivity contribution in [3.8, 4) is 5.75 Å². The van der Waals surface area contributed by atoms with Gasteiger partial charge in [-0.2, -0.15) is 4.98 Å². The van der Waals surface area contributed by atoms with Gasteiger partial charge in [0.15, 0.2) is 5.58 Å². The quantitative estimate of drug-likeness (QED) is 0.740. The Bertz CT molecular complexity index is 752. The molecular weight excluding hydrogens is 254 g/mol. The third-order valence-corrected chi connectivity index (χ3v) is 3.13. The Kier molecular flexibility index (Phi) is 2.95. The van der Waals surface area contributed by atoms with Crippen LogP contribution in [0, 0.1) is 0 Å². The predicted molar refractivity (Wildman–Crippen MR) is 79.5 cm³/mol. The van der Waals surface area contributed by atoms with Crippen molar-refractivity contribution in [3.05, 3.63) is 42.5 Å². The van der Waals surface area contributed by atoms with Crippen LogP contribution in [0.15, 0.2) is 46.9 Å². The summed E-state index contributed by atoms with van der Waals surface area (Å²) in [5.74, 6) is 0.761. The second kappa shape index (κ2) is 4.77. The van der Waals surface area contributed by atoms with Gasteiger partial charge in [0.05, 0.1) is 12.8 Å². The van der Waals surface area contributed by atoms with Crippen molar-refractivity contribution in [2.24, 2.45) is 0 Å². The average molecular weight is 269 g/mol. The van der Waals surface area contributed by atoms with Crippen LogP contribution in [-0.4, -0.2) is 19.1 Å². The van der Waals surface area contributed by atoms with E-state index < -0.39 is 0 Å². The largest absolute Gasteiger partial charge is 0.495 e. The molecule has 0 fully saturated rings. The van der Waals surface area contributed by atoms with Crippen molar-refractivity contribution < 1.29 is 9.15 Å². The number of anilines is 3. The molecule has 102 valence electrons. The van der Waals surface area contributed by atoms with Gasteiger partial charge in [0.2, 0.25) is 0 Å². The molecule has 0 saturated carbocycles. The number of hydrogen-bond acceptors (Lipinski definition) is 5. The van der Waals surface area contributed by atoms with Crippen LogP contribution >= 0.6 is 0 Å². The highest BCUT2D eigenvalue weighted by Gasteiger charge is 2.15. The van der Waals surface area contributed by atoms with E-state index in [1.165, 1.54) is 0 Å². The fourth-order valence-corrected chi connectivity index (χ4v) is 2.09. The molecule has 0 saturated heterocycles. The molecule has 0 atom stereocenters. The topological polar surface area (TPSA) is 64.5 Å². The zero-order valence-corrected chi connectivity index (χ0v) is 11.3. The Morgan fingerprint density at radius 3 is 2.80 bits per heavy atom. The average Bonchev–Trinajstić information content (AvgIpc) is 2.89. The van der Waals surface area contributed by atoms with Gasteiger partial charge < -0.3 is 14.9 Å². The molecule has 1 heterocycles. The van der Waals surface area contributed by atoms with Gasteiger partial charge in [-0.3, -0.25) is 4.90 Å². The van der Waals surface area contributed by atoms with E-state index in [2.05, 4.69) is 4.98 Å². The smallest absolute Gasteiger partial charge is 0.302 e. The lowest BCUT2D eigenvalue weighted by Crippen LogP contribution is -2.10. The van der Waals surface area contributed by atoms with E-state index in [1.54, 1.807) is 19.2 Å². The predicted octanol–water partition coefficient (Wildman–Crippen LogP) is 3.19. The number of nitrogens with zero attached hydrogens (tertiary/aromatic N) is 2. The molecule has 0 spiro atoms. The van der Waals surface area contributed by atoms with Crippen LogP contribution in [0.5, 0.6) is 5.75 Å². The SMILES string of the molecule is COc1ccccc1N(C)c1nc2cc(N)ccc2o1. The number of aromatic nitrogens is 1. The Morgan fingerprint density at radius 1 is 1.20 bits per heavy atom. The molecule has 0 bridgehead atoms. The summed E-state index contributed by atoms with van der Waals surface area (Å²) >= 11 is 0. The van der Waals surface area contributed by atoms with Crippen LogP contribution < -0.4 is 15.4 Å². The Hall–Kier alpha value is -2.69. The molecule has 5 heteroatoms. The van der Waals surface area contributed by atoms with Gasteiger partial charge in [0, 0.05) is 12.7 Å². The van der Waals surface area contributed by atoms with Crippen molar-refractivity contribution in [1.29, 1.82) is 0 Å². The first-order valence-corrected chi connectivity index (χ1v) is 6.22. The molecule has 2 N–H and O–H groups in total. The molecule has 3 rings (SSSR count). The summed E-state index contributed by atoms with van der Waals surface area (Å²) in [7, 11) is 3.52. The van der Waals surface area contributed by atoms with E-state index >= 15 is 0 Å². The Balaban J connectivity index is 2.05. The summed E-state index contributed by atoms with van der Waals surface area (Å²) in [4.78, 5) is 6.29. The minimum atomic E-state index is 0.495. The molecule has 0 aliphatic carbocycles. The maximum Gasteiger partial charge on any atom is 0.302 e. The molecule has 0 aliphatic rings. The molecule has 0 unspecified atom stereocenters. The summed E-state index contributed by atoms with van der Waals surface area (Å²) in [5.41, 5.74) is 8.74. The minimum absolute atomic E-state index is 0.495. The van der Waals surface area contributed by atoms with Gasteiger partial charge in [-0.1, -0.05) is 12.1 Å². The molecular formula is C15H15N3O2. The van der Waals surface area contributed by atoms with Gasteiger partial charge in [-0.05, 0) is 30.3 Å². The third kappa shape index (κ3) is 2.03. The van der Waals surface area contributed by atoms with Crippen molar-refractivity contribution in [3.63, 3.8) is 0 Å². The highest BCUT2D eigenvalue weighted by atomic mass is 16.5. The first-order valence-electron chi connectivity index (χ1n) is 6.22. The van der Waals surface area contributed by atoms with Gasteiger partial charge in [-0.25, -0.2) is 0 Å². The minimum Gasteiger partial charge on any atom is -0.495 e. The highest BCUT2D eigenvalue weighted by Crippen LogP contribution is 2.33. The van der Waals surface area contributed by atoms with Crippen molar-refractivity contribution >= 4 is 28.5 Å². The monoisotopic (exact) mass is 269 g/mol. The molecule has 0 aliphatic heterocycles. The van der Waals surface area contributed by atoms with E-state index in [0.717, 1.165) is 17.0 Å². The Morgan fingerprint density at radius 2 is 2.00 bits per heavy atom. The fourth-order valence-electron chi connectivity index (χ4n) is 2.09. The van der Waals surface area contributed by atoms with Crippen molar-refractivity contribution in [1.82, 2.24) is 4.98 Å². The molecule has 0 amide bonds. The van der Waals surface area contributed by atoms with Crippen molar-refractivity contribution in [2.45, 2.75) is 0 Å². The van der Waals surface area contributed by atoms with Crippen LogP contribution in [0.3, 0.4) is 0 Å². The van der Waals surface area contributed by atoms with Crippen LogP contribution in [0.1, 0.15) is 0 Å². The standard InChI is InChI=1S/C15H15N3O2/c1-18(12-5-3-4-6-14(12)19-2)15-17-11-9-10(16)7-8-13(11)20-15/h3-9H,16H2,1-2H3. The molecule has 1 aromatic heterocycles. The zero-order valence-electron chi connectivity index (χ0n) is 11.3. The molecule has 20 heavy (non-hydrogen) atoms. The van der Waals surface area contributed by atoms with E-state index in [9.17, 15) is 0 Å². The Labute approximate surface area is 116 Å². The number of benzene rings is 2. The van der Waals surface area contributed by atoms with Crippen LogP contribution in [-0.2, 0) is 0 Å². The normalized spacial score (nSPS) is 10.7. The summed E-state index contributed by atoms with van der Waals surface area (Å²) < 4.78 is 11.1. The van der Waals surface area contributed by atoms with Gasteiger partial charge in [0.1, 0.15) is 11.3 Å². The number of nitrogen functional groups attached to an aromatic ring is 1. The van der Waals surface area contributed by atoms with Crippen molar-refractivity contribution in [2.75, 3.05) is 24.8 Å². The lowest BCUT2D eigenvalue weighted by molar-refractivity contribution is 0.415. The number of hydrogen-bond donors (Lipinski definition) is 1. The lowest BCUT2D eigenvalue weighted by atomic mass is 10.3. The molecule has 0 radical (unpaired) electrons. The fraction of sp³-hybridized carbons (Fsp3) is 0.133. The van der Waals surface area contributed by atoms with Gasteiger partial charge in [0.25, 0.3) is 0 Å². The van der Waals surface area contributed by atoms with E-state index in [1.807, 2.05) is 42.3 Å². The summed E-state index contributed by atoms with van der Waals surface area (Å²) in [6, 6.07) is 13.6. The number of nitrogens with two attached hydrogens (primary N) is 1. The van der Waals surface area contributed by atoms with Crippen LogP contribution in [0.4, 0.5) is 17.4 Å². The molecule has 3 aromatic rings. The number of methoxy groups -OCH3 is 1. The van der Waals surface area contributed by atoms with Crippen LogP contribution in [0.2, 0.25) is 0 Å². The van der Waals surface area contributed by atoms with E-state index in [0.29, 0.717) is 17.3 Å². The number of para-hydroxylation sites is 2. The number of fused-ring (bicyclic) bond motifs is 1. The highest BCUT2D eigenvalue weighted by molar-refractivity contribution is 5.79. The van der Waals surface area contributed by atoms with E-state index in [-0.39, 0.29) is 0 Å². The van der Waals surface area contributed by atoms with E-state index in [4.69, 9.17) is 14.9 Å². The summed E-state index contributed by atoms with van der Waals surface area (Å²) in [6.45, 7) is 0. The first-order chi connectivity index (χ1) is 9.69. The number of rotatable bonds is 3. The lowest BCUT2D eigenvalue weighted by Gasteiger charge is -2.17. The molecule has 5 nitrogen and oxygen atoms in total. The summed E-state index contributed by atoms with van der Waals surface area (Å²) in [5, 5.41) is 0. The maximum absolute atomic E-state index is 5.75. The van der Waals surface area contributed by atoms with Gasteiger partial charge in [-0.15, -0.1) is 0 Å². The zero-order chi connectivity index (χ0) is 14.1. The van der Waals surface area contributed by atoms with Crippen LogP contribution in [0.25, 0.3) is 11.1 Å². The molecule has 2 aromatic carbocycles. The maximum atomic E-state index is 5.75. The number of oxazole rings is 1. The summed E-state index contributed by atoms with van der Waals surface area (Å²) in [6.07, 6.45) is 0. The second-order valence-corrected chi connectivity index (χ2v) is 4.45. The number of ether oxygens (including phenoxy) is 1. The van der Waals surface area contributed by atoms with Gasteiger partial charge >= 0.3 is 6.01 Å². The first kappa shape index (κ1) is 12.3. The third-order valence-electron chi connectivity index (χ3n) is 3.13. The second-order valence-electron chi connectivity index (χ2n) is 4.45.